The van der Waals surface area contributed by atoms with Crippen molar-refractivity contribution in [2.75, 3.05) is 0 Å². The van der Waals surface area contributed by atoms with Crippen LogP contribution in [0.15, 0.2) is 66.2 Å². The molecule has 2 rings (SSSR count). The average Bonchev–Trinajstić information content (AvgIpc) is 2.40. The molecule has 0 aromatic heterocycles. The fourth-order valence-electron chi connectivity index (χ4n) is 1.86. The monoisotopic (exact) mass is 223 g/mol. The van der Waals surface area contributed by atoms with E-state index >= 15 is 0 Å². The van der Waals surface area contributed by atoms with E-state index in [-0.39, 0.29) is 0 Å². The van der Waals surface area contributed by atoms with Crippen molar-refractivity contribution in [3.8, 4) is 0 Å². The SMILES string of the molecule is C/C(Cc1ccccc1)=C(/N)c1ccccc1. The first-order valence-corrected chi connectivity index (χ1v) is 5.82. The van der Waals surface area contributed by atoms with E-state index in [1.54, 1.807) is 0 Å². The lowest BCUT2D eigenvalue weighted by molar-refractivity contribution is 1.14. The second kappa shape index (κ2) is 5.35. The summed E-state index contributed by atoms with van der Waals surface area (Å²) in [5, 5.41) is 0. The smallest absolute Gasteiger partial charge is 0.0380 e. The number of allylic oxidation sites excluding steroid dienone is 1. The van der Waals surface area contributed by atoms with Crippen LogP contribution in [-0.4, -0.2) is 0 Å². The van der Waals surface area contributed by atoms with Crippen LogP contribution < -0.4 is 5.73 Å². The van der Waals surface area contributed by atoms with Gasteiger partial charge in [-0.05, 0) is 30.0 Å². The van der Waals surface area contributed by atoms with E-state index in [4.69, 9.17) is 5.73 Å². The molecular formula is C16H17N. The van der Waals surface area contributed by atoms with Gasteiger partial charge in [0.25, 0.3) is 0 Å². The molecule has 0 spiro atoms. The summed E-state index contributed by atoms with van der Waals surface area (Å²) in [5.41, 5.74) is 10.7. The minimum Gasteiger partial charge on any atom is -0.398 e. The molecule has 17 heavy (non-hydrogen) atoms. The third kappa shape index (κ3) is 2.97. The predicted molar refractivity (Wildman–Crippen MR) is 73.4 cm³/mol. The molecule has 1 nitrogen and oxygen atoms in total. The lowest BCUT2D eigenvalue weighted by Gasteiger charge is -2.08. The Labute approximate surface area is 103 Å². The Morgan fingerprint density at radius 2 is 1.41 bits per heavy atom. The third-order valence-corrected chi connectivity index (χ3v) is 2.86. The van der Waals surface area contributed by atoms with Gasteiger partial charge in [-0.25, -0.2) is 0 Å². The zero-order chi connectivity index (χ0) is 12.1. The van der Waals surface area contributed by atoms with E-state index < -0.39 is 0 Å². The Balaban J connectivity index is 2.22. The molecule has 2 aromatic rings. The van der Waals surface area contributed by atoms with Crippen LogP contribution in [0.2, 0.25) is 0 Å². The summed E-state index contributed by atoms with van der Waals surface area (Å²) in [6, 6.07) is 20.5. The standard InChI is InChI=1S/C16H17N/c1-13(12-14-8-4-2-5-9-14)16(17)15-10-6-3-7-11-15/h2-11H,12,17H2,1H3/b16-13-. The molecule has 86 valence electrons. The molecule has 0 heterocycles. The molecule has 0 bridgehead atoms. The van der Waals surface area contributed by atoms with Crippen LogP contribution >= 0.6 is 0 Å². The van der Waals surface area contributed by atoms with Gasteiger partial charge in [-0.2, -0.15) is 0 Å². The molecule has 0 fully saturated rings. The molecule has 1 heteroatoms. The highest BCUT2D eigenvalue weighted by Gasteiger charge is 2.01. The molecule has 0 atom stereocenters. The third-order valence-electron chi connectivity index (χ3n) is 2.86. The van der Waals surface area contributed by atoms with Crippen LogP contribution in [0.5, 0.6) is 0 Å². The Morgan fingerprint density at radius 1 is 0.882 bits per heavy atom. The minimum atomic E-state index is 0.884. The first kappa shape index (κ1) is 11.5. The Bertz CT molecular complexity index is 498. The molecule has 0 radical (unpaired) electrons. The number of hydrogen-bond donors (Lipinski definition) is 1. The summed E-state index contributed by atoms with van der Waals surface area (Å²) in [5.74, 6) is 0. The van der Waals surface area contributed by atoms with E-state index in [9.17, 15) is 0 Å². The number of rotatable bonds is 3. The van der Waals surface area contributed by atoms with Crippen molar-refractivity contribution in [3.05, 3.63) is 77.4 Å². The fourth-order valence-corrected chi connectivity index (χ4v) is 1.86. The van der Waals surface area contributed by atoms with Crippen molar-refractivity contribution < 1.29 is 0 Å². The number of benzene rings is 2. The van der Waals surface area contributed by atoms with Gasteiger partial charge in [0.1, 0.15) is 0 Å². The predicted octanol–water partition coefficient (Wildman–Crippen LogP) is 3.62. The molecule has 0 unspecified atom stereocenters. The second-order valence-electron chi connectivity index (χ2n) is 4.22. The van der Waals surface area contributed by atoms with Crippen molar-refractivity contribution in [1.29, 1.82) is 0 Å². The van der Waals surface area contributed by atoms with Gasteiger partial charge in [0.2, 0.25) is 0 Å². The van der Waals surface area contributed by atoms with Crippen LogP contribution in [0.3, 0.4) is 0 Å². The summed E-state index contributed by atoms with van der Waals surface area (Å²) in [7, 11) is 0. The fraction of sp³-hybridized carbons (Fsp3) is 0.125. The van der Waals surface area contributed by atoms with Crippen molar-refractivity contribution in [2.45, 2.75) is 13.3 Å². The van der Waals surface area contributed by atoms with Crippen LogP contribution in [0.4, 0.5) is 0 Å². The first-order valence-electron chi connectivity index (χ1n) is 5.82. The number of hydrogen-bond acceptors (Lipinski definition) is 1. The highest BCUT2D eigenvalue weighted by atomic mass is 14.6. The zero-order valence-corrected chi connectivity index (χ0v) is 10.1. The maximum atomic E-state index is 6.17. The van der Waals surface area contributed by atoms with E-state index in [0.29, 0.717) is 0 Å². The summed E-state index contributed by atoms with van der Waals surface area (Å²) < 4.78 is 0. The Hall–Kier alpha value is -2.02. The topological polar surface area (TPSA) is 26.0 Å². The summed E-state index contributed by atoms with van der Waals surface area (Å²) in [6.45, 7) is 2.09. The van der Waals surface area contributed by atoms with Crippen LogP contribution in [0.25, 0.3) is 5.70 Å². The second-order valence-corrected chi connectivity index (χ2v) is 4.22. The van der Waals surface area contributed by atoms with E-state index in [1.807, 2.05) is 36.4 Å². The summed E-state index contributed by atoms with van der Waals surface area (Å²) in [4.78, 5) is 0. The van der Waals surface area contributed by atoms with Gasteiger partial charge in [-0.1, -0.05) is 60.7 Å². The molecule has 0 saturated heterocycles. The van der Waals surface area contributed by atoms with Gasteiger partial charge in [0.05, 0.1) is 0 Å². The van der Waals surface area contributed by atoms with Gasteiger partial charge in [0, 0.05) is 5.70 Å². The maximum Gasteiger partial charge on any atom is 0.0380 e. The lowest BCUT2D eigenvalue weighted by atomic mass is 10.0. The molecule has 0 aliphatic heterocycles. The van der Waals surface area contributed by atoms with Gasteiger partial charge in [0.15, 0.2) is 0 Å². The molecule has 2 N–H and O–H groups in total. The summed E-state index contributed by atoms with van der Waals surface area (Å²) in [6.07, 6.45) is 0.904. The Morgan fingerprint density at radius 3 is 2.00 bits per heavy atom. The van der Waals surface area contributed by atoms with E-state index in [1.165, 1.54) is 11.1 Å². The quantitative estimate of drug-likeness (QED) is 0.845. The van der Waals surface area contributed by atoms with Crippen LogP contribution in [-0.2, 0) is 6.42 Å². The lowest BCUT2D eigenvalue weighted by Crippen LogP contribution is -2.01. The molecule has 2 aromatic carbocycles. The normalized spacial score (nSPS) is 12.1. The minimum absolute atomic E-state index is 0.884. The highest BCUT2D eigenvalue weighted by molar-refractivity contribution is 5.65. The van der Waals surface area contributed by atoms with Crippen molar-refractivity contribution in [2.24, 2.45) is 5.73 Å². The highest BCUT2D eigenvalue weighted by Crippen LogP contribution is 2.16. The molecule has 0 amide bonds. The van der Waals surface area contributed by atoms with Crippen molar-refractivity contribution >= 4 is 5.70 Å². The first-order chi connectivity index (χ1) is 8.27. The van der Waals surface area contributed by atoms with E-state index in [0.717, 1.165) is 17.7 Å². The van der Waals surface area contributed by atoms with Gasteiger partial charge in [-0.15, -0.1) is 0 Å². The number of nitrogens with two attached hydrogens (primary N) is 1. The van der Waals surface area contributed by atoms with Crippen molar-refractivity contribution in [3.63, 3.8) is 0 Å². The molecule has 0 aliphatic carbocycles. The average molecular weight is 223 g/mol. The van der Waals surface area contributed by atoms with Crippen LogP contribution in [0, 0.1) is 0 Å². The van der Waals surface area contributed by atoms with E-state index in [2.05, 4.69) is 31.2 Å². The van der Waals surface area contributed by atoms with Crippen LogP contribution in [0.1, 0.15) is 18.1 Å². The zero-order valence-electron chi connectivity index (χ0n) is 10.1. The molecule has 0 aliphatic rings. The van der Waals surface area contributed by atoms with Gasteiger partial charge >= 0.3 is 0 Å². The Kier molecular flexibility index (Phi) is 3.61. The van der Waals surface area contributed by atoms with Gasteiger partial charge in [-0.3, -0.25) is 0 Å². The molecule has 0 saturated carbocycles. The molecular weight excluding hydrogens is 206 g/mol. The van der Waals surface area contributed by atoms with Gasteiger partial charge < -0.3 is 5.73 Å². The van der Waals surface area contributed by atoms with Crippen molar-refractivity contribution in [1.82, 2.24) is 0 Å². The summed E-state index contributed by atoms with van der Waals surface area (Å²) >= 11 is 0. The maximum absolute atomic E-state index is 6.17. The largest absolute Gasteiger partial charge is 0.398 e.